The number of likely N-dealkylation sites (N-methyl/N-ethyl adjacent to an activating group) is 1. The van der Waals surface area contributed by atoms with Gasteiger partial charge in [0.2, 0.25) is 5.82 Å². The molecule has 0 saturated carbocycles. The molecule has 1 unspecified atom stereocenters. The highest BCUT2D eigenvalue weighted by Crippen LogP contribution is 2.19. The summed E-state index contributed by atoms with van der Waals surface area (Å²) in [5, 5.41) is 3.77. The number of nitrogens with zero attached hydrogens (tertiary/aromatic N) is 3. The Kier molecular flexibility index (Phi) is 4.27. The molecule has 0 spiro atoms. The Labute approximate surface area is 105 Å². The molecule has 100 valence electrons. The van der Waals surface area contributed by atoms with E-state index in [1.54, 1.807) is 6.92 Å². The van der Waals surface area contributed by atoms with Crippen molar-refractivity contribution >= 4 is 5.97 Å². The molecule has 1 aromatic heterocycles. The van der Waals surface area contributed by atoms with Crippen LogP contribution in [0.15, 0.2) is 4.52 Å². The molecule has 7 heteroatoms. The normalized spacial score (nSPS) is 20.9. The quantitative estimate of drug-likeness (QED) is 0.730. The van der Waals surface area contributed by atoms with E-state index in [0.717, 1.165) is 13.1 Å². The highest BCUT2D eigenvalue weighted by atomic mass is 16.6. The summed E-state index contributed by atoms with van der Waals surface area (Å²) in [6, 6.07) is 0. The van der Waals surface area contributed by atoms with Crippen LogP contribution in [0.2, 0.25) is 0 Å². The van der Waals surface area contributed by atoms with Gasteiger partial charge in [-0.25, -0.2) is 4.79 Å². The predicted molar refractivity (Wildman–Crippen MR) is 61.1 cm³/mol. The van der Waals surface area contributed by atoms with Gasteiger partial charge in [0, 0.05) is 13.1 Å². The Morgan fingerprint density at radius 3 is 3.11 bits per heavy atom. The van der Waals surface area contributed by atoms with Gasteiger partial charge in [0.15, 0.2) is 0 Å². The van der Waals surface area contributed by atoms with Crippen LogP contribution in [0, 0.1) is 0 Å². The lowest BCUT2D eigenvalue weighted by Gasteiger charge is -2.30. The second-order valence-electron chi connectivity index (χ2n) is 3.93. The lowest BCUT2D eigenvalue weighted by Crippen LogP contribution is -2.38. The van der Waals surface area contributed by atoms with Crippen LogP contribution in [0.4, 0.5) is 0 Å². The summed E-state index contributed by atoms with van der Waals surface area (Å²) in [6.07, 6.45) is -0.245. The highest BCUT2D eigenvalue weighted by molar-refractivity contribution is 5.83. The standard InChI is InChI=1S/C11H17N3O4/c1-3-14-5-6-17-8(7-14)9-12-10(18-13-9)11(15)16-4-2/h8H,3-7H2,1-2H3. The maximum Gasteiger partial charge on any atom is 0.397 e. The number of hydrogen-bond acceptors (Lipinski definition) is 7. The Balaban J connectivity index is 2.03. The molecule has 0 bridgehead atoms. The van der Waals surface area contributed by atoms with Crippen LogP contribution < -0.4 is 0 Å². The zero-order chi connectivity index (χ0) is 13.0. The molecule has 0 N–H and O–H groups in total. The third-order valence-corrected chi connectivity index (χ3v) is 2.78. The average molecular weight is 255 g/mol. The molecule has 2 heterocycles. The lowest BCUT2D eigenvalue weighted by molar-refractivity contribution is -0.0334. The van der Waals surface area contributed by atoms with Crippen molar-refractivity contribution in [2.45, 2.75) is 20.0 Å². The lowest BCUT2D eigenvalue weighted by atomic mass is 10.2. The van der Waals surface area contributed by atoms with E-state index in [9.17, 15) is 4.79 Å². The first-order chi connectivity index (χ1) is 8.74. The zero-order valence-electron chi connectivity index (χ0n) is 10.6. The first kappa shape index (κ1) is 13.0. The molecule has 2 rings (SSSR count). The topological polar surface area (TPSA) is 77.7 Å². The molecule has 18 heavy (non-hydrogen) atoms. The fourth-order valence-corrected chi connectivity index (χ4v) is 1.79. The van der Waals surface area contributed by atoms with Crippen molar-refractivity contribution < 1.29 is 18.8 Å². The van der Waals surface area contributed by atoms with E-state index < -0.39 is 5.97 Å². The van der Waals surface area contributed by atoms with Gasteiger partial charge in [-0.05, 0) is 13.5 Å². The van der Waals surface area contributed by atoms with Crippen molar-refractivity contribution in [3.8, 4) is 0 Å². The minimum absolute atomic E-state index is 0.121. The number of aromatic nitrogens is 2. The van der Waals surface area contributed by atoms with Crippen molar-refractivity contribution in [3.05, 3.63) is 11.7 Å². The molecular weight excluding hydrogens is 238 g/mol. The van der Waals surface area contributed by atoms with E-state index in [1.807, 2.05) is 0 Å². The average Bonchev–Trinajstić information content (AvgIpc) is 2.89. The van der Waals surface area contributed by atoms with Crippen molar-refractivity contribution in [1.29, 1.82) is 0 Å². The molecule has 0 aliphatic carbocycles. The van der Waals surface area contributed by atoms with Crippen LogP contribution in [0.3, 0.4) is 0 Å². The third kappa shape index (κ3) is 2.85. The zero-order valence-corrected chi connectivity index (χ0v) is 10.6. The van der Waals surface area contributed by atoms with Gasteiger partial charge >= 0.3 is 11.9 Å². The van der Waals surface area contributed by atoms with Gasteiger partial charge in [-0.1, -0.05) is 12.1 Å². The summed E-state index contributed by atoms with van der Waals surface area (Å²) in [4.78, 5) is 17.6. The molecule has 7 nitrogen and oxygen atoms in total. The van der Waals surface area contributed by atoms with Crippen molar-refractivity contribution in [3.63, 3.8) is 0 Å². The fourth-order valence-electron chi connectivity index (χ4n) is 1.79. The number of hydrogen-bond donors (Lipinski definition) is 0. The minimum Gasteiger partial charge on any atom is -0.459 e. The van der Waals surface area contributed by atoms with Crippen molar-refractivity contribution in [1.82, 2.24) is 15.0 Å². The molecule has 1 saturated heterocycles. The van der Waals surface area contributed by atoms with Crippen molar-refractivity contribution in [2.75, 3.05) is 32.8 Å². The maximum absolute atomic E-state index is 11.4. The van der Waals surface area contributed by atoms with Crippen LogP contribution in [-0.4, -0.2) is 53.9 Å². The van der Waals surface area contributed by atoms with Gasteiger partial charge in [0.1, 0.15) is 6.10 Å². The van der Waals surface area contributed by atoms with Crippen LogP contribution in [0.1, 0.15) is 36.5 Å². The maximum atomic E-state index is 11.4. The largest absolute Gasteiger partial charge is 0.459 e. The Hall–Kier alpha value is -1.47. The first-order valence-corrected chi connectivity index (χ1v) is 6.09. The second-order valence-corrected chi connectivity index (χ2v) is 3.93. The number of morpholine rings is 1. The SMILES string of the molecule is CCOC(=O)c1nc(C2CN(CC)CCO2)no1. The highest BCUT2D eigenvalue weighted by Gasteiger charge is 2.27. The van der Waals surface area contributed by atoms with E-state index >= 15 is 0 Å². The van der Waals surface area contributed by atoms with Crippen LogP contribution in [0.25, 0.3) is 0 Å². The van der Waals surface area contributed by atoms with Crippen LogP contribution in [0.5, 0.6) is 0 Å². The smallest absolute Gasteiger partial charge is 0.397 e. The van der Waals surface area contributed by atoms with Crippen LogP contribution in [-0.2, 0) is 9.47 Å². The fraction of sp³-hybridized carbons (Fsp3) is 0.727. The van der Waals surface area contributed by atoms with E-state index in [1.165, 1.54) is 0 Å². The minimum atomic E-state index is -0.598. The van der Waals surface area contributed by atoms with Crippen LogP contribution >= 0.6 is 0 Å². The molecule has 1 fully saturated rings. The van der Waals surface area contributed by atoms with Gasteiger partial charge in [-0.3, -0.25) is 4.90 Å². The molecule has 0 radical (unpaired) electrons. The number of ether oxygens (including phenoxy) is 2. The summed E-state index contributed by atoms with van der Waals surface area (Å²) in [7, 11) is 0. The van der Waals surface area contributed by atoms with E-state index in [4.69, 9.17) is 14.0 Å². The summed E-state index contributed by atoms with van der Waals surface area (Å²) < 4.78 is 15.2. The molecule has 1 aliphatic rings. The molecule has 0 aromatic carbocycles. The summed E-state index contributed by atoms with van der Waals surface area (Å²) in [6.45, 7) is 7.26. The number of carbonyl (C=O) groups is 1. The van der Waals surface area contributed by atoms with Gasteiger partial charge in [-0.15, -0.1) is 0 Å². The number of rotatable bonds is 4. The van der Waals surface area contributed by atoms with Gasteiger partial charge in [-0.2, -0.15) is 4.98 Å². The van der Waals surface area contributed by atoms with E-state index in [-0.39, 0.29) is 18.6 Å². The van der Waals surface area contributed by atoms with E-state index in [0.29, 0.717) is 19.0 Å². The Morgan fingerprint density at radius 1 is 1.56 bits per heavy atom. The van der Waals surface area contributed by atoms with Gasteiger partial charge < -0.3 is 14.0 Å². The summed E-state index contributed by atoms with van der Waals surface area (Å²) >= 11 is 0. The predicted octanol–water partition coefficient (Wildman–Crippen LogP) is 0.639. The molecule has 1 aliphatic heterocycles. The number of esters is 1. The van der Waals surface area contributed by atoms with Gasteiger partial charge in [0.05, 0.1) is 13.2 Å². The first-order valence-electron chi connectivity index (χ1n) is 6.09. The monoisotopic (exact) mass is 255 g/mol. The summed E-state index contributed by atoms with van der Waals surface area (Å²) in [5.74, 6) is -0.320. The van der Waals surface area contributed by atoms with Gasteiger partial charge in [0.25, 0.3) is 0 Å². The molecule has 1 atom stereocenters. The Morgan fingerprint density at radius 2 is 2.39 bits per heavy atom. The van der Waals surface area contributed by atoms with Crippen molar-refractivity contribution in [2.24, 2.45) is 0 Å². The summed E-state index contributed by atoms with van der Waals surface area (Å²) in [5.41, 5.74) is 0. The van der Waals surface area contributed by atoms with E-state index in [2.05, 4.69) is 22.0 Å². The second kappa shape index (κ2) is 5.92. The number of carbonyl (C=O) groups excluding carboxylic acids is 1. The Bertz CT molecular complexity index is 407. The molecular formula is C11H17N3O4. The molecule has 0 amide bonds. The molecule has 1 aromatic rings. The third-order valence-electron chi connectivity index (χ3n) is 2.78.